The number of aryl methyl sites for hydroxylation is 2. The number of halogens is 1. The summed E-state index contributed by atoms with van der Waals surface area (Å²) >= 11 is 6.18. The van der Waals surface area contributed by atoms with Crippen LogP contribution in [0.1, 0.15) is 60.0 Å². The van der Waals surface area contributed by atoms with Crippen LogP contribution in [0.3, 0.4) is 0 Å². The normalized spacial score (nSPS) is 15.6. The SMILES string of the molecule is Cc1ccc(NS(=O)(=O)c2cc(C(=O)NC3CCCCCC3)ccc2Cl)c(C)c1. The third-order valence-corrected chi connectivity index (χ3v) is 7.15. The first-order chi connectivity index (χ1) is 13.8. The van der Waals surface area contributed by atoms with Crippen molar-refractivity contribution in [2.24, 2.45) is 0 Å². The Morgan fingerprint density at radius 3 is 2.34 bits per heavy atom. The zero-order valence-electron chi connectivity index (χ0n) is 16.8. The van der Waals surface area contributed by atoms with Crippen molar-refractivity contribution in [2.45, 2.75) is 63.3 Å². The Morgan fingerprint density at radius 2 is 1.69 bits per heavy atom. The summed E-state index contributed by atoms with van der Waals surface area (Å²) < 4.78 is 28.5. The minimum Gasteiger partial charge on any atom is -0.349 e. The van der Waals surface area contributed by atoms with Gasteiger partial charge in [-0.05, 0) is 56.5 Å². The van der Waals surface area contributed by atoms with Gasteiger partial charge in [0.2, 0.25) is 0 Å². The molecule has 0 heterocycles. The van der Waals surface area contributed by atoms with E-state index in [0.29, 0.717) is 11.3 Å². The number of benzene rings is 2. The molecule has 1 aliphatic rings. The summed E-state index contributed by atoms with van der Waals surface area (Å²) in [5.41, 5.74) is 2.63. The van der Waals surface area contributed by atoms with Gasteiger partial charge in [0.15, 0.2) is 0 Å². The summed E-state index contributed by atoms with van der Waals surface area (Å²) in [5.74, 6) is -0.267. The smallest absolute Gasteiger partial charge is 0.263 e. The molecule has 0 atom stereocenters. The largest absolute Gasteiger partial charge is 0.349 e. The highest BCUT2D eigenvalue weighted by Gasteiger charge is 2.22. The van der Waals surface area contributed by atoms with E-state index < -0.39 is 10.0 Å². The van der Waals surface area contributed by atoms with Gasteiger partial charge >= 0.3 is 0 Å². The van der Waals surface area contributed by atoms with Crippen LogP contribution >= 0.6 is 11.6 Å². The molecule has 5 nitrogen and oxygen atoms in total. The number of rotatable bonds is 5. The number of nitrogens with one attached hydrogen (secondary N) is 2. The van der Waals surface area contributed by atoms with Crippen LogP contribution in [-0.4, -0.2) is 20.4 Å². The third-order valence-electron chi connectivity index (χ3n) is 5.30. The van der Waals surface area contributed by atoms with Gasteiger partial charge in [-0.25, -0.2) is 8.42 Å². The van der Waals surface area contributed by atoms with Gasteiger partial charge in [0.05, 0.1) is 10.7 Å². The molecule has 0 aromatic heterocycles. The maximum atomic E-state index is 12.9. The topological polar surface area (TPSA) is 75.3 Å². The zero-order chi connectivity index (χ0) is 21.0. The van der Waals surface area contributed by atoms with E-state index in [1.165, 1.54) is 25.0 Å². The van der Waals surface area contributed by atoms with Crippen LogP contribution in [0.4, 0.5) is 5.69 Å². The van der Waals surface area contributed by atoms with E-state index in [0.717, 1.165) is 36.8 Å². The first-order valence-electron chi connectivity index (χ1n) is 9.97. The van der Waals surface area contributed by atoms with Crippen LogP contribution < -0.4 is 10.0 Å². The van der Waals surface area contributed by atoms with Gasteiger partial charge in [-0.1, -0.05) is 55.0 Å². The Morgan fingerprint density at radius 1 is 1.00 bits per heavy atom. The molecule has 156 valence electrons. The lowest BCUT2D eigenvalue weighted by Crippen LogP contribution is -2.34. The average Bonchev–Trinajstić information content (AvgIpc) is 2.93. The maximum Gasteiger partial charge on any atom is 0.263 e. The molecule has 0 spiro atoms. The highest BCUT2D eigenvalue weighted by atomic mass is 35.5. The van der Waals surface area contributed by atoms with Crippen LogP contribution in [0.15, 0.2) is 41.3 Å². The Balaban J connectivity index is 1.82. The molecule has 7 heteroatoms. The molecule has 1 saturated carbocycles. The summed E-state index contributed by atoms with van der Waals surface area (Å²) in [6.07, 6.45) is 6.51. The molecule has 1 aliphatic carbocycles. The first kappa shape index (κ1) is 21.7. The zero-order valence-corrected chi connectivity index (χ0v) is 18.4. The van der Waals surface area contributed by atoms with Crippen LogP contribution in [0.2, 0.25) is 5.02 Å². The standard InChI is InChI=1S/C22H27ClN2O3S/c1-15-9-12-20(16(2)13-15)25-29(27,28)21-14-17(10-11-19(21)23)22(26)24-18-7-5-3-4-6-8-18/h9-14,18,25H,3-8H2,1-2H3,(H,24,26). The first-order valence-corrected chi connectivity index (χ1v) is 11.8. The molecule has 0 unspecified atom stereocenters. The summed E-state index contributed by atoms with van der Waals surface area (Å²) in [7, 11) is -3.94. The van der Waals surface area contributed by atoms with E-state index in [1.807, 2.05) is 26.0 Å². The predicted molar refractivity (Wildman–Crippen MR) is 117 cm³/mol. The van der Waals surface area contributed by atoms with Crippen LogP contribution in [0, 0.1) is 13.8 Å². The van der Waals surface area contributed by atoms with Crippen molar-refractivity contribution in [1.82, 2.24) is 5.32 Å². The van der Waals surface area contributed by atoms with Crippen LogP contribution in [0.25, 0.3) is 0 Å². The van der Waals surface area contributed by atoms with Crippen molar-refractivity contribution in [2.75, 3.05) is 4.72 Å². The van der Waals surface area contributed by atoms with E-state index in [-0.39, 0.29) is 21.9 Å². The van der Waals surface area contributed by atoms with E-state index in [9.17, 15) is 13.2 Å². The molecule has 0 bridgehead atoms. The van der Waals surface area contributed by atoms with Crippen LogP contribution in [0.5, 0.6) is 0 Å². The summed E-state index contributed by atoms with van der Waals surface area (Å²) in [6.45, 7) is 3.78. The second kappa shape index (κ2) is 9.18. The molecule has 3 rings (SSSR count). The molecule has 2 aromatic rings. The number of sulfonamides is 1. The number of amides is 1. The predicted octanol–water partition coefficient (Wildman–Crippen LogP) is 5.21. The summed E-state index contributed by atoms with van der Waals surface area (Å²) in [6, 6.07) is 9.96. The van der Waals surface area contributed by atoms with E-state index in [1.54, 1.807) is 12.1 Å². The number of carbonyl (C=O) groups is 1. The minimum absolute atomic E-state index is 0.0771. The molecule has 0 aliphatic heterocycles. The lowest BCUT2D eigenvalue weighted by Gasteiger charge is -2.17. The molecule has 2 aromatic carbocycles. The highest BCUT2D eigenvalue weighted by molar-refractivity contribution is 7.92. The van der Waals surface area contributed by atoms with E-state index in [4.69, 9.17) is 11.6 Å². The van der Waals surface area contributed by atoms with Crippen molar-refractivity contribution < 1.29 is 13.2 Å². The van der Waals surface area contributed by atoms with Crippen molar-refractivity contribution in [3.63, 3.8) is 0 Å². The second-order valence-electron chi connectivity index (χ2n) is 7.73. The van der Waals surface area contributed by atoms with Crippen LogP contribution in [-0.2, 0) is 10.0 Å². The average molecular weight is 435 g/mol. The molecule has 1 amide bonds. The van der Waals surface area contributed by atoms with E-state index >= 15 is 0 Å². The second-order valence-corrected chi connectivity index (χ2v) is 9.79. The minimum atomic E-state index is -3.94. The lowest BCUT2D eigenvalue weighted by atomic mass is 10.1. The number of hydrogen-bond acceptors (Lipinski definition) is 3. The monoisotopic (exact) mass is 434 g/mol. The van der Waals surface area contributed by atoms with E-state index in [2.05, 4.69) is 10.0 Å². The van der Waals surface area contributed by atoms with Gasteiger partial charge in [0.25, 0.3) is 15.9 Å². The third kappa shape index (κ3) is 5.52. The number of anilines is 1. The van der Waals surface area contributed by atoms with Gasteiger partial charge in [-0.2, -0.15) is 0 Å². The van der Waals surface area contributed by atoms with Crippen molar-refractivity contribution >= 4 is 33.2 Å². The molecule has 2 N–H and O–H groups in total. The fourth-order valence-electron chi connectivity index (χ4n) is 3.67. The quantitative estimate of drug-likeness (QED) is 0.634. The molecule has 0 saturated heterocycles. The summed E-state index contributed by atoms with van der Waals surface area (Å²) in [4.78, 5) is 12.6. The van der Waals surface area contributed by atoms with Gasteiger partial charge in [-0.3, -0.25) is 9.52 Å². The number of hydrogen-bond donors (Lipinski definition) is 2. The van der Waals surface area contributed by atoms with Crippen molar-refractivity contribution in [3.8, 4) is 0 Å². The van der Waals surface area contributed by atoms with Crippen molar-refractivity contribution in [1.29, 1.82) is 0 Å². The fourth-order valence-corrected chi connectivity index (χ4v) is 5.33. The highest BCUT2D eigenvalue weighted by Crippen LogP contribution is 2.27. The molecule has 0 radical (unpaired) electrons. The molecule has 1 fully saturated rings. The lowest BCUT2D eigenvalue weighted by molar-refractivity contribution is 0.0933. The maximum absolute atomic E-state index is 12.9. The van der Waals surface area contributed by atoms with Gasteiger partial charge < -0.3 is 5.32 Å². The Kier molecular flexibility index (Phi) is 6.85. The van der Waals surface area contributed by atoms with Gasteiger partial charge in [0, 0.05) is 11.6 Å². The Labute approximate surface area is 177 Å². The Bertz CT molecular complexity index is 997. The van der Waals surface area contributed by atoms with Gasteiger partial charge in [-0.15, -0.1) is 0 Å². The molecular weight excluding hydrogens is 408 g/mol. The van der Waals surface area contributed by atoms with Crippen molar-refractivity contribution in [3.05, 3.63) is 58.1 Å². The fraction of sp³-hybridized carbons (Fsp3) is 0.409. The Hall–Kier alpha value is -2.05. The molecular formula is C22H27ClN2O3S. The number of carbonyl (C=O) groups excluding carboxylic acids is 1. The van der Waals surface area contributed by atoms with Gasteiger partial charge in [0.1, 0.15) is 4.90 Å². The molecule has 29 heavy (non-hydrogen) atoms. The summed E-state index contributed by atoms with van der Waals surface area (Å²) in [5, 5.41) is 3.12.